The second kappa shape index (κ2) is 5.00. The van der Waals surface area contributed by atoms with Crippen LogP contribution in [0.1, 0.15) is 39.0 Å². The van der Waals surface area contributed by atoms with Crippen LogP contribution in [0.3, 0.4) is 0 Å². The maximum absolute atomic E-state index is 5.93. The highest BCUT2D eigenvalue weighted by molar-refractivity contribution is 4.97. The Hall–Kier alpha value is -0.160. The molecule has 0 bridgehead atoms. The van der Waals surface area contributed by atoms with Crippen LogP contribution in [0.2, 0.25) is 0 Å². The standard InChI is InChI=1S/C12H24N2O2/c1-9(15-2)11(14-13)10-4-7-16-12(8-10)5-3-6-12/h9-11,14H,3-8,13H2,1-2H3. The van der Waals surface area contributed by atoms with Gasteiger partial charge >= 0.3 is 0 Å². The van der Waals surface area contributed by atoms with E-state index >= 15 is 0 Å². The van der Waals surface area contributed by atoms with Crippen LogP contribution in [0.25, 0.3) is 0 Å². The Morgan fingerprint density at radius 2 is 2.25 bits per heavy atom. The van der Waals surface area contributed by atoms with Crippen molar-refractivity contribution in [1.29, 1.82) is 0 Å². The van der Waals surface area contributed by atoms with Crippen molar-refractivity contribution in [3.63, 3.8) is 0 Å². The average molecular weight is 228 g/mol. The van der Waals surface area contributed by atoms with Crippen LogP contribution in [0.15, 0.2) is 0 Å². The number of methoxy groups -OCH3 is 1. The van der Waals surface area contributed by atoms with Crippen molar-refractivity contribution in [3.05, 3.63) is 0 Å². The highest BCUT2D eigenvalue weighted by Crippen LogP contribution is 2.45. The van der Waals surface area contributed by atoms with Gasteiger partial charge in [0, 0.05) is 19.8 Å². The first kappa shape index (κ1) is 12.3. The fourth-order valence-corrected chi connectivity index (χ4v) is 3.09. The topological polar surface area (TPSA) is 56.5 Å². The number of ether oxygens (including phenoxy) is 2. The van der Waals surface area contributed by atoms with E-state index < -0.39 is 0 Å². The van der Waals surface area contributed by atoms with Crippen molar-refractivity contribution in [1.82, 2.24) is 5.43 Å². The number of hydrogen-bond donors (Lipinski definition) is 2. The van der Waals surface area contributed by atoms with Gasteiger partial charge in [0.25, 0.3) is 0 Å². The van der Waals surface area contributed by atoms with Gasteiger partial charge in [0.1, 0.15) is 0 Å². The van der Waals surface area contributed by atoms with Crippen molar-refractivity contribution >= 4 is 0 Å². The maximum atomic E-state index is 5.93. The van der Waals surface area contributed by atoms with Gasteiger partial charge in [-0.2, -0.15) is 0 Å². The van der Waals surface area contributed by atoms with Crippen molar-refractivity contribution in [2.45, 2.75) is 56.8 Å². The Balaban J connectivity index is 1.96. The van der Waals surface area contributed by atoms with E-state index in [4.69, 9.17) is 15.3 Å². The fourth-order valence-electron chi connectivity index (χ4n) is 3.09. The molecule has 16 heavy (non-hydrogen) atoms. The van der Waals surface area contributed by atoms with Gasteiger partial charge in [-0.3, -0.25) is 11.3 Å². The SMILES string of the molecule is COC(C)C(NN)C1CCOC2(CCC2)C1. The summed E-state index contributed by atoms with van der Waals surface area (Å²) in [4.78, 5) is 0. The van der Waals surface area contributed by atoms with Gasteiger partial charge in [0.05, 0.1) is 11.7 Å². The maximum Gasteiger partial charge on any atom is 0.0712 e. The minimum atomic E-state index is 0.158. The van der Waals surface area contributed by atoms with Crippen molar-refractivity contribution in [2.24, 2.45) is 11.8 Å². The first-order chi connectivity index (χ1) is 7.71. The number of nitrogens with two attached hydrogens (primary N) is 1. The van der Waals surface area contributed by atoms with E-state index in [-0.39, 0.29) is 17.7 Å². The summed E-state index contributed by atoms with van der Waals surface area (Å²) in [6.07, 6.45) is 6.14. The van der Waals surface area contributed by atoms with E-state index in [1.54, 1.807) is 7.11 Å². The lowest BCUT2D eigenvalue weighted by Gasteiger charge is -2.49. The van der Waals surface area contributed by atoms with E-state index in [1.165, 1.54) is 19.3 Å². The molecule has 1 saturated heterocycles. The van der Waals surface area contributed by atoms with Crippen LogP contribution in [0, 0.1) is 5.92 Å². The lowest BCUT2D eigenvalue weighted by molar-refractivity contribution is -0.151. The predicted octanol–water partition coefficient (Wildman–Crippen LogP) is 1.20. The number of hydrogen-bond acceptors (Lipinski definition) is 4. The summed E-state index contributed by atoms with van der Waals surface area (Å²) in [6.45, 7) is 2.95. The zero-order chi connectivity index (χ0) is 11.6. The van der Waals surface area contributed by atoms with Crippen LogP contribution in [-0.4, -0.2) is 31.5 Å². The highest BCUT2D eigenvalue weighted by Gasteiger charge is 2.44. The van der Waals surface area contributed by atoms with Crippen LogP contribution < -0.4 is 11.3 Å². The van der Waals surface area contributed by atoms with E-state index in [0.717, 1.165) is 19.4 Å². The molecule has 1 saturated carbocycles. The molecule has 3 unspecified atom stereocenters. The third-order valence-corrected chi connectivity index (χ3v) is 4.37. The molecule has 2 fully saturated rings. The van der Waals surface area contributed by atoms with Gasteiger partial charge in [-0.05, 0) is 44.9 Å². The minimum absolute atomic E-state index is 0.158. The van der Waals surface area contributed by atoms with Gasteiger partial charge < -0.3 is 9.47 Å². The molecular weight excluding hydrogens is 204 g/mol. The monoisotopic (exact) mass is 228 g/mol. The molecule has 1 aliphatic heterocycles. The molecule has 1 heterocycles. The molecule has 2 aliphatic rings. The summed E-state index contributed by atoms with van der Waals surface area (Å²) in [5.74, 6) is 6.24. The molecule has 4 nitrogen and oxygen atoms in total. The Morgan fingerprint density at radius 1 is 1.50 bits per heavy atom. The van der Waals surface area contributed by atoms with Crippen molar-refractivity contribution < 1.29 is 9.47 Å². The van der Waals surface area contributed by atoms with Gasteiger partial charge in [-0.25, -0.2) is 0 Å². The van der Waals surface area contributed by atoms with Crippen LogP contribution >= 0.6 is 0 Å². The smallest absolute Gasteiger partial charge is 0.0712 e. The van der Waals surface area contributed by atoms with E-state index in [1.807, 2.05) is 0 Å². The second-order valence-electron chi connectivity index (χ2n) is 5.27. The van der Waals surface area contributed by atoms with Crippen LogP contribution in [0.5, 0.6) is 0 Å². The Bertz CT molecular complexity index is 231. The molecule has 1 aliphatic carbocycles. The third-order valence-electron chi connectivity index (χ3n) is 4.37. The number of nitrogens with one attached hydrogen (secondary N) is 1. The number of hydrazine groups is 1. The molecule has 0 radical (unpaired) electrons. The molecule has 3 atom stereocenters. The third kappa shape index (κ3) is 2.25. The molecule has 94 valence electrons. The van der Waals surface area contributed by atoms with Gasteiger partial charge in [-0.15, -0.1) is 0 Å². The zero-order valence-electron chi connectivity index (χ0n) is 10.4. The van der Waals surface area contributed by atoms with Crippen LogP contribution in [0.4, 0.5) is 0 Å². The van der Waals surface area contributed by atoms with Crippen molar-refractivity contribution in [3.8, 4) is 0 Å². The molecule has 0 aromatic heterocycles. The normalized spacial score (nSPS) is 32.1. The zero-order valence-corrected chi connectivity index (χ0v) is 10.4. The Morgan fingerprint density at radius 3 is 2.75 bits per heavy atom. The lowest BCUT2D eigenvalue weighted by Crippen LogP contribution is -2.55. The predicted molar refractivity (Wildman–Crippen MR) is 62.8 cm³/mol. The Labute approximate surface area is 97.8 Å². The molecule has 4 heteroatoms. The summed E-state index contributed by atoms with van der Waals surface area (Å²) in [5, 5.41) is 0. The second-order valence-corrected chi connectivity index (χ2v) is 5.27. The molecular formula is C12H24N2O2. The van der Waals surface area contributed by atoms with Crippen LogP contribution in [-0.2, 0) is 9.47 Å². The molecule has 0 aromatic carbocycles. The minimum Gasteiger partial charge on any atom is -0.380 e. The fraction of sp³-hybridized carbons (Fsp3) is 1.00. The lowest BCUT2D eigenvalue weighted by atomic mass is 9.70. The van der Waals surface area contributed by atoms with E-state index in [2.05, 4.69) is 12.3 Å². The highest BCUT2D eigenvalue weighted by atomic mass is 16.5. The van der Waals surface area contributed by atoms with E-state index in [0.29, 0.717) is 5.92 Å². The molecule has 3 N–H and O–H groups in total. The Kier molecular flexibility index (Phi) is 3.85. The summed E-state index contributed by atoms with van der Waals surface area (Å²) >= 11 is 0. The van der Waals surface area contributed by atoms with Gasteiger partial charge in [0.2, 0.25) is 0 Å². The molecule has 0 amide bonds. The molecule has 2 rings (SSSR count). The average Bonchev–Trinajstić information content (AvgIpc) is 2.28. The largest absolute Gasteiger partial charge is 0.380 e. The van der Waals surface area contributed by atoms with Gasteiger partial charge in [-0.1, -0.05) is 0 Å². The van der Waals surface area contributed by atoms with E-state index in [9.17, 15) is 0 Å². The molecule has 1 spiro atoms. The summed E-state index contributed by atoms with van der Waals surface area (Å²) < 4.78 is 11.3. The first-order valence-electron chi connectivity index (χ1n) is 6.34. The first-order valence-corrected chi connectivity index (χ1v) is 6.34. The van der Waals surface area contributed by atoms with Crippen molar-refractivity contribution in [2.75, 3.05) is 13.7 Å². The summed E-state index contributed by atoms with van der Waals surface area (Å²) in [7, 11) is 1.74. The van der Waals surface area contributed by atoms with Gasteiger partial charge in [0.15, 0.2) is 0 Å². The summed E-state index contributed by atoms with van der Waals surface area (Å²) in [6, 6.07) is 0.242. The number of rotatable bonds is 4. The summed E-state index contributed by atoms with van der Waals surface area (Å²) in [5.41, 5.74) is 3.11. The molecule has 0 aromatic rings. The quantitative estimate of drug-likeness (QED) is 0.561.